The molecule has 5 rings (SSSR count). The minimum atomic E-state index is -1.35. The Bertz CT molecular complexity index is 856. The highest BCUT2D eigenvalue weighted by atomic mass is 32.2. The highest BCUT2D eigenvalue weighted by Crippen LogP contribution is 2.42. The number of hydrogen-bond donors (Lipinski definition) is 4. The van der Waals surface area contributed by atoms with Gasteiger partial charge in [-0.3, -0.25) is 9.69 Å². The van der Waals surface area contributed by atoms with E-state index >= 15 is 0 Å². The fourth-order valence-electron chi connectivity index (χ4n) is 7.44. The summed E-state index contributed by atoms with van der Waals surface area (Å²) in [6.07, 6.45) is 5.90. The van der Waals surface area contributed by atoms with Crippen LogP contribution in [0.3, 0.4) is 0 Å². The maximum atomic E-state index is 13.7. The summed E-state index contributed by atoms with van der Waals surface area (Å²) in [5.74, 6) is 1.44. The van der Waals surface area contributed by atoms with E-state index in [0.29, 0.717) is 30.8 Å². The summed E-state index contributed by atoms with van der Waals surface area (Å²) in [6, 6.07) is -0.515. The second-order valence-corrected chi connectivity index (χ2v) is 14.4. The number of aliphatic hydroxyl groups is 3. The number of allylic oxidation sites excluding steroid dienone is 1. The van der Waals surface area contributed by atoms with Gasteiger partial charge in [-0.2, -0.15) is 0 Å². The van der Waals surface area contributed by atoms with E-state index in [-0.39, 0.29) is 23.2 Å². The van der Waals surface area contributed by atoms with Crippen LogP contribution in [0, 0.1) is 23.7 Å². The molecule has 4 aliphatic heterocycles. The highest BCUT2D eigenvalue weighted by molar-refractivity contribution is 8.00. The fraction of sp³-hybridized carbons (Fsp3) is 0.900. The van der Waals surface area contributed by atoms with E-state index in [1.165, 1.54) is 18.2 Å². The van der Waals surface area contributed by atoms with E-state index in [1.54, 1.807) is 0 Å². The number of aliphatic hydroxyl groups excluding tert-OH is 3. The van der Waals surface area contributed by atoms with Gasteiger partial charge in [-0.05, 0) is 62.7 Å². The topological polar surface area (TPSA) is 121 Å². The van der Waals surface area contributed by atoms with Gasteiger partial charge < -0.3 is 34.8 Å². The number of fused-ring (bicyclic) bond motifs is 3. The van der Waals surface area contributed by atoms with Gasteiger partial charge in [0.1, 0.15) is 29.9 Å². The summed E-state index contributed by atoms with van der Waals surface area (Å²) in [5.41, 5.74) is -0.695. The molecule has 4 N–H and O–H groups in total. The molecule has 3 saturated heterocycles. The third-order valence-electron chi connectivity index (χ3n) is 9.50. The molecule has 11 atom stereocenters. The Morgan fingerprint density at radius 3 is 2.55 bits per heavy atom. The Balaban J connectivity index is 1.26. The molecule has 1 amide bonds. The van der Waals surface area contributed by atoms with Crippen molar-refractivity contribution in [3.63, 3.8) is 0 Å². The average Bonchev–Trinajstić information content (AvgIpc) is 3.22. The minimum Gasteiger partial charge on any atom is -0.388 e. The maximum absolute atomic E-state index is 13.7. The van der Waals surface area contributed by atoms with E-state index in [0.717, 1.165) is 65.0 Å². The molecule has 2 bridgehead atoms. The number of carbonyl (C=O) groups excluding carboxylic acids is 1. The first-order valence-electron chi connectivity index (χ1n) is 15.5. The number of carbonyl (C=O) groups is 1. The van der Waals surface area contributed by atoms with Gasteiger partial charge in [0.25, 0.3) is 0 Å². The predicted molar refractivity (Wildman–Crippen MR) is 154 cm³/mol. The van der Waals surface area contributed by atoms with Crippen LogP contribution in [0.25, 0.3) is 0 Å². The first-order chi connectivity index (χ1) is 19.3. The number of rotatable bonds is 6. The zero-order chi connectivity index (χ0) is 28.2. The van der Waals surface area contributed by atoms with Gasteiger partial charge >= 0.3 is 0 Å². The van der Waals surface area contributed by atoms with Crippen LogP contribution in [0.15, 0.2) is 12.2 Å². The summed E-state index contributed by atoms with van der Waals surface area (Å²) >= 11 is 1.51. The SMILES string of the molecule is CC(C)C[C@@H]1CCO[C@@H]2[C@H](CC[C@@H]2C(=O)N[C@@H]2C/C=C\C[C@H](CN3CCOCC3)SC3OC2C(O)C(O)C3O)C1. The van der Waals surface area contributed by atoms with Crippen LogP contribution >= 0.6 is 11.8 Å². The first-order valence-corrected chi connectivity index (χ1v) is 16.5. The van der Waals surface area contributed by atoms with E-state index in [4.69, 9.17) is 14.2 Å². The van der Waals surface area contributed by atoms with Crippen LogP contribution < -0.4 is 5.32 Å². The summed E-state index contributed by atoms with van der Waals surface area (Å²) in [7, 11) is 0. The molecule has 4 heterocycles. The van der Waals surface area contributed by atoms with Gasteiger partial charge in [0, 0.05) is 31.5 Å². The quantitative estimate of drug-likeness (QED) is 0.348. The van der Waals surface area contributed by atoms with Gasteiger partial charge in [0.05, 0.1) is 31.3 Å². The molecule has 10 heteroatoms. The molecule has 5 unspecified atom stereocenters. The van der Waals surface area contributed by atoms with Crippen molar-refractivity contribution in [1.82, 2.24) is 10.2 Å². The van der Waals surface area contributed by atoms with Crippen LogP contribution in [0.1, 0.15) is 58.8 Å². The number of nitrogens with one attached hydrogen (secondary N) is 1. The number of morpholine rings is 1. The second-order valence-electron chi connectivity index (χ2n) is 13.0. The number of hydrogen-bond acceptors (Lipinski definition) is 9. The Morgan fingerprint density at radius 2 is 1.77 bits per heavy atom. The van der Waals surface area contributed by atoms with Crippen molar-refractivity contribution in [2.75, 3.05) is 39.5 Å². The van der Waals surface area contributed by atoms with Crippen LogP contribution in [0.4, 0.5) is 0 Å². The van der Waals surface area contributed by atoms with E-state index in [9.17, 15) is 20.1 Å². The molecule has 9 nitrogen and oxygen atoms in total. The predicted octanol–water partition coefficient (Wildman–Crippen LogP) is 1.93. The van der Waals surface area contributed by atoms with Crippen molar-refractivity contribution >= 4 is 17.7 Å². The molecule has 40 heavy (non-hydrogen) atoms. The normalized spacial score (nSPS) is 44.0. The molecular weight excluding hydrogens is 532 g/mol. The third-order valence-corrected chi connectivity index (χ3v) is 10.9. The number of thioether (sulfide) groups is 1. The lowest BCUT2D eigenvalue weighted by Crippen LogP contribution is -2.63. The lowest BCUT2D eigenvalue weighted by atomic mass is 9.85. The molecule has 1 aliphatic carbocycles. The lowest BCUT2D eigenvalue weighted by Gasteiger charge is -2.45. The minimum absolute atomic E-state index is 0.0592. The van der Waals surface area contributed by atoms with Crippen LogP contribution in [0.2, 0.25) is 0 Å². The van der Waals surface area contributed by atoms with E-state index < -0.39 is 35.9 Å². The fourth-order valence-corrected chi connectivity index (χ4v) is 8.85. The van der Waals surface area contributed by atoms with Crippen molar-refractivity contribution in [2.24, 2.45) is 23.7 Å². The summed E-state index contributed by atoms with van der Waals surface area (Å²) < 4.78 is 18.1. The van der Waals surface area contributed by atoms with E-state index in [2.05, 4.69) is 36.2 Å². The molecular formula is C30H50N2O7S. The third kappa shape index (κ3) is 7.43. The van der Waals surface area contributed by atoms with Crippen molar-refractivity contribution in [3.8, 4) is 0 Å². The van der Waals surface area contributed by atoms with Gasteiger partial charge in [0.2, 0.25) is 5.91 Å². The smallest absolute Gasteiger partial charge is 0.226 e. The van der Waals surface area contributed by atoms with Crippen LogP contribution in [0.5, 0.6) is 0 Å². The van der Waals surface area contributed by atoms with Crippen molar-refractivity contribution in [3.05, 3.63) is 12.2 Å². The Hall–Kier alpha value is -0.720. The highest BCUT2D eigenvalue weighted by Gasteiger charge is 2.49. The first kappa shape index (κ1) is 30.7. The molecule has 0 radical (unpaired) electrons. The molecule has 0 aromatic carbocycles. The Labute approximate surface area is 243 Å². The molecule has 1 saturated carbocycles. The zero-order valence-electron chi connectivity index (χ0n) is 24.1. The van der Waals surface area contributed by atoms with Gasteiger partial charge in [-0.15, -0.1) is 11.8 Å². The van der Waals surface area contributed by atoms with Crippen molar-refractivity contribution < 1.29 is 34.3 Å². The molecule has 4 fully saturated rings. The largest absolute Gasteiger partial charge is 0.388 e. The molecule has 0 aromatic heterocycles. The number of amides is 1. The van der Waals surface area contributed by atoms with Gasteiger partial charge in [0.15, 0.2) is 0 Å². The van der Waals surface area contributed by atoms with Crippen LogP contribution in [-0.2, 0) is 19.0 Å². The Kier molecular flexibility index (Phi) is 10.9. The van der Waals surface area contributed by atoms with Gasteiger partial charge in [-0.25, -0.2) is 0 Å². The average molecular weight is 583 g/mol. The molecule has 5 aliphatic rings. The Morgan fingerprint density at radius 1 is 1.00 bits per heavy atom. The lowest BCUT2D eigenvalue weighted by molar-refractivity contribution is -0.205. The molecule has 0 aromatic rings. The van der Waals surface area contributed by atoms with Crippen molar-refractivity contribution in [2.45, 2.75) is 106 Å². The molecule has 0 spiro atoms. The monoisotopic (exact) mass is 582 g/mol. The van der Waals surface area contributed by atoms with Gasteiger partial charge in [-0.1, -0.05) is 26.0 Å². The zero-order valence-corrected chi connectivity index (χ0v) is 24.9. The number of ether oxygens (including phenoxy) is 3. The summed E-state index contributed by atoms with van der Waals surface area (Å²) in [4.78, 5) is 16.1. The standard InChI is InChI=1S/C30H50N2O7S/c1-18(2)15-19-9-12-38-27-20(16-19)7-8-22(27)29(36)31-23-6-4-3-5-21(17-32-10-13-37-14-11-32)40-30-26(35)24(33)25(34)28(23)39-30/h3-4,18-28,30,33-35H,5-17H2,1-2H3,(H,31,36)/b4-3-/t19-,20+,21+,22-,23+,24?,25?,26?,27+,28?,30?/m0/s1. The molecule has 228 valence electrons. The van der Waals surface area contributed by atoms with Crippen molar-refractivity contribution in [1.29, 1.82) is 0 Å². The van der Waals surface area contributed by atoms with E-state index in [1.807, 2.05) is 0 Å². The second kappa shape index (κ2) is 14.2. The summed E-state index contributed by atoms with van der Waals surface area (Å²) in [5, 5.41) is 36.0. The van der Waals surface area contributed by atoms with Crippen LogP contribution in [-0.4, -0.2) is 113 Å². The number of nitrogens with zero attached hydrogens (tertiary/aromatic N) is 1. The summed E-state index contributed by atoms with van der Waals surface area (Å²) in [6.45, 7) is 9.26. The maximum Gasteiger partial charge on any atom is 0.226 e.